The molecule has 86 valence electrons. The van der Waals surface area contributed by atoms with Crippen molar-refractivity contribution in [1.82, 2.24) is 0 Å². The van der Waals surface area contributed by atoms with E-state index < -0.39 is 11.9 Å². The number of hydrogen-bond donors (Lipinski definition) is 1. The third-order valence-corrected chi connectivity index (χ3v) is 2.32. The number of carbonyl (C=O) groups excluding carboxylic acids is 1. The number of carboxylic acid groups (broad SMARTS) is 1. The van der Waals surface area contributed by atoms with Gasteiger partial charge in [-0.3, -0.25) is 4.79 Å². The van der Waals surface area contributed by atoms with Gasteiger partial charge in [0, 0.05) is 6.92 Å². The molecule has 0 radical (unpaired) electrons. The molecule has 0 unspecified atom stereocenters. The van der Waals surface area contributed by atoms with Crippen LogP contribution in [-0.2, 0) is 4.79 Å². The van der Waals surface area contributed by atoms with Gasteiger partial charge < -0.3 is 9.84 Å². The van der Waals surface area contributed by atoms with Gasteiger partial charge in [0.25, 0.3) is 0 Å². The molecule has 0 fully saturated rings. The van der Waals surface area contributed by atoms with Gasteiger partial charge in [0.2, 0.25) is 0 Å². The summed E-state index contributed by atoms with van der Waals surface area (Å²) in [5, 5.41) is 10.5. The Labute approximate surface area is 97.4 Å². The number of carbonyl (C=O) groups is 2. The van der Waals surface area contributed by atoms with Gasteiger partial charge in [-0.1, -0.05) is 12.1 Å². The molecule has 17 heavy (non-hydrogen) atoms. The van der Waals surface area contributed by atoms with E-state index in [1.807, 2.05) is 0 Å². The molecule has 4 heteroatoms. The second-order valence-corrected chi connectivity index (χ2v) is 3.62. The van der Waals surface area contributed by atoms with Crippen LogP contribution < -0.4 is 4.74 Å². The minimum absolute atomic E-state index is 0.206. The Kier molecular flexibility index (Phi) is 2.78. The molecule has 0 saturated heterocycles. The van der Waals surface area contributed by atoms with Crippen LogP contribution in [0.2, 0.25) is 0 Å². The fourth-order valence-corrected chi connectivity index (χ4v) is 1.59. The van der Waals surface area contributed by atoms with Crippen molar-refractivity contribution in [2.45, 2.75) is 6.92 Å². The normalized spacial score (nSPS) is 10.2. The Bertz CT molecular complexity index is 601. The van der Waals surface area contributed by atoms with Crippen molar-refractivity contribution in [3.63, 3.8) is 0 Å². The zero-order valence-corrected chi connectivity index (χ0v) is 9.14. The molecule has 0 atom stereocenters. The lowest BCUT2D eigenvalue weighted by Crippen LogP contribution is -2.01. The molecule has 1 N–H and O–H groups in total. The highest BCUT2D eigenvalue weighted by Gasteiger charge is 2.05. The van der Waals surface area contributed by atoms with E-state index in [-0.39, 0.29) is 5.56 Å². The zero-order valence-electron chi connectivity index (χ0n) is 9.14. The summed E-state index contributed by atoms with van der Waals surface area (Å²) in [5.41, 5.74) is 0.206. The summed E-state index contributed by atoms with van der Waals surface area (Å²) >= 11 is 0. The van der Waals surface area contributed by atoms with Crippen molar-refractivity contribution in [1.29, 1.82) is 0 Å². The highest BCUT2D eigenvalue weighted by Crippen LogP contribution is 2.22. The van der Waals surface area contributed by atoms with Crippen molar-refractivity contribution in [2.75, 3.05) is 0 Å². The Balaban J connectivity index is 2.50. The lowest BCUT2D eigenvalue weighted by molar-refractivity contribution is -0.131. The maximum Gasteiger partial charge on any atom is 0.335 e. The third-order valence-electron chi connectivity index (χ3n) is 2.32. The van der Waals surface area contributed by atoms with Crippen LogP contribution in [0.15, 0.2) is 36.4 Å². The molecule has 0 spiro atoms. The minimum atomic E-state index is -0.982. The van der Waals surface area contributed by atoms with Gasteiger partial charge in [-0.05, 0) is 35.0 Å². The fraction of sp³-hybridized carbons (Fsp3) is 0.0769. The number of rotatable bonds is 2. The number of benzene rings is 2. The van der Waals surface area contributed by atoms with Crippen LogP contribution in [0.3, 0.4) is 0 Å². The molecular weight excluding hydrogens is 220 g/mol. The van der Waals surface area contributed by atoms with Crippen LogP contribution in [-0.4, -0.2) is 17.0 Å². The largest absolute Gasteiger partial charge is 0.478 e. The first-order valence-electron chi connectivity index (χ1n) is 5.02. The van der Waals surface area contributed by atoms with Crippen LogP contribution >= 0.6 is 0 Å². The third kappa shape index (κ3) is 2.42. The van der Waals surface area contributed by atoms with Crippen molar-refractivity contribution >= 4 is 22.7 Å². The number of carboxylic acids is 1. The van der Waals surface area contributed by atoms with Crippen LogP contribution in [0, 0.1) is 0 Å². The number of fused-ring (bicyclic) bond motifs is 1. The summed E-state index contributed by atoms with van der Waals surface area (Å²) in [4.78, 5) is 21.6. The van der Waals surface area contributed by atoms with E-state index in [4.69, 9.17) is 9.84 Å². The molecule has 0 amide bonds. The highest BCUT2D eigenvalue weighted by atomic mass is 16.5. The summed E-state index contributed by atoms with van der Waals surface area (Å²) in [6, 6.07) is 9.89. The highest BCUT2D eigenvalue weighted by molar-refractivity contribution is 5.94. The van der Waals surface area contributed by atoms with Gasteiger partial charge in [-0.2, -0.15) is 0 Å². The zero-order chi connectivity index (χ0) is 12.4. The maximum absolute atomic E-state index is 10.8. The topological polar surface area (TPSA) is 63.6 Å². The average Bonchev–Trinajstić information content (AvgIpc) is 2.27. The van der Waals surface area contributed by atoms with Crippen LogP contribution in [0.1, 0.15) is 17.3 Å². The summed E-state index contributed by atoms with van der Waals surface area (Å²) in [6.07, 6.45) is 0. The second-order valence-electron chi connectivity index (χ2n) is 3.62. The van der Waals surface area contributed by atoms with Gasteiger partial charge in [0.1, 0.15) is 5.75 Å². The lowest BCUT2D eigenvalue weighted by atomic mass is 10.1. The average molecular weight is 230 g/mol. The summed E-state index contributed by atoms with van der Waals surface area (Å²) in [6.45, 7) is 1.32. The molecule has 2 rings (SSSR count). The van der Waals surface area contributed by atoms with E-state index in [0.717, 1.165) is 10.8 Å². The number of hydrogen-bond acceptors (Lipinski definition) is 3. The smallest absolute Gasteiger partial charge is 0.335 e. The summed E-state index contributed by atoms with van der Waals surface area (Å²) < 4.78 is 4.94. The first-order valence-corrected chi connectivity index (χ1v) is 5.02. The minimum Gasteiger partial charge on any atom is -0.478 e. The van der Waals surface area contributed by atoms with E-state index in [1.54, 1.807) is 30.3 Å². The number of ether oxygens (including phenoxy) is 1. The van der Waals surface area contributed by atoms with E-state index >= 15 is 0 Å². The number of esters is 1. The molecule has 0 aliphatic heterocycles. The second kappa shape index (κ2) is 4.25. The Morgan fingerprint density at radius 2 is 1.76 bits per heavy atom. The van der Waals surface area contributed by atoms with Crippen LogP contribution in [0.25, 0.3) is 10.8 Å². The van der Waals surface area contributed by atoms with Gasteiger partial charge in [-0.15, -0.1) is 0 Å². The van der Waals surface area contributed by atoms with E-state index in [2.05, 4.69) is 0 Å². The van der Waals surface area contributed by atoms with E-state index in [0.29, 0.717) is 5.75 Å². The molecular formula is C13H10O4. The lowest BCUT2D eigenvalue weighted by Gasteiger charge is -2.04. The molecule has 2 aromatic rings. The molecule has 0 heterocycles. The monoisotopic (exact) mass is 230 g/mol. The fourth-order valence-electron chi connectivity index (χ4n) is 1.59. The van der Waals surface area contributed by atoms with Crippen LogP contribution in [0.4, 0.5) is 0 Å². The van der Waals surface area contributed by atoms with Crippen molar-refractivity contribution in [3.05, 3.63) is 42.0 Å². The molecule has 4 nitrogen and oxygen atoms in total. The molecule has 0 aliphatic rings. The molecule has 2 aromatic carbocycles. The van der Waals surface area contributed by atoms with Gasteiger partial charge in [0.05, 0.1) is 5.56 Å². The van der Waals surface area contributed by atoms with Crippen molar-refractivity contribution < 1.29 is 19.4 Å². The van der Waals surface area contributed by atoms with Gasteiger partial charge in [0.15, 0.2) is 0 Å². The molecule has 0 aromatic heterocycles. The van der Waals surface area contributed by atoms with Gasteiger partial charge >= 0.3 is 11.9 Å². The Morgan fingerprint density at radius 1 is 1.06 bits per heavy atom. The quantitative estimate of drug-likeness (QED) is 0.635. The van der Waals surface area contributed by atoms with Crippen molar-refractivity contribution in [2.24, 2.45) is 0 Å². The predicted molar refractivity (Wildman–Crippen MR) is 62.2 cm³/mol. The van der Waals surface area contributed by atoms with Crippen LogP contribution in [0.5, 0.6) is 5.75 Å². The van der Waals surface area contributed by atoms with Gasteiger partial charge in [-0.25, -0.2) is 4.79 Å². The molecule has 0 aliphatic carbocycles. The van der Waals surface area contributed by atoms with E-state index in [1.165, 1.54) is 13.0 Å². The van der Waals surface area contributed by atoms with Crippen molar-refractivity contribution in [3.8, 4) is 5.75 Å². The Hall–Kier alpha value is -2.36. The first kappa shape index (κ1) is 11.1. The predicted octanol–water partition coefficient (Wildman–Crippen LogP) is 2.46. The summed E-state index contributed by atoms with van der Waals surface area (Å²) in [7, 11) is 0. The maximum atomic E-state index is 10.8. The van der Waals surface area contributed by atoms with E-state index in [9.17, 15) is 9.59 Å². The number of aromatic carboxylic acids is 1. The molecule has 0 bridgehead atoms. The SMILES string of the molecule is CC(=O)Oc1ccc2ccc(C(=O)O)cc2c1. The Morgan fingerprint density at radius 3 is 2.41 bits per heavy atom. The summed E-state index contributed by atoms with van der Waals surface area (Å²) in [5.74, 6) is -0.976. The first-order chi connectivity index (χ1) is 8.06. The standard InChI is InChI=1S/C13H10O4/c1-8(14)17-12-5-4-9-2-3-10(13(15)16)6-11(9)7-12/h2-7H,1H3,(H,15,16). The molecule has 0 saturated carbocycles.